The van der Waals surface area contributed by atoms with Gasteiger partial charge in [-0.15, -0.1) is 0 Å². The highest BCUT2D eigenvalue weighted by molar-refractivity contribution is 5.88. The summed E-state index contributed by atoms with van der Waals surface area (Å²) < 4.78 is 0. The lowest BCUT2D eigenvalue weighted by atomic mass is 9.90. The topological polar surface area (TPSA) is 19.0 Å². The molecule has 1 aliphatic rings. The number of nitrogens with one attached hydrogen (secondary N) is 1. The molecular formula is C23H20N2. The SMILES string of the molecule is CN1Cc2ccccc2-c2cc3cc[nH]c3cc2C1c1ccccc1. The van der Waals surface area contributed by atoms with E-state index in [1.54, 1.807) is 0 Å². The first-order valence-corrected chi connectivity index (χ1v) is 8.76. The zero-order chi connectivity index (χ0) is 16.8. The first-order valence-electron chi connectivity index (χ1n) is 8.76. The third-order valence-corrected chi connectivity index (χ3v) is 5.30. The number of nitrogens with zero attached hydrogens (tertiary/aromatic N) is 1. The highest BCUT2D eigenvalue weighted by Crippen LogP contribution is 2.42. The molecular weight excluding hydrogens is 304 g/mol. The molecule has 4 aromatic rings. The van der Waals surface area contributed by atoms with Crippen LogP contribution in [0.4, 0.5) is 0 Å². The molecule has 25 heavy (non-hydrogen) atoms. The lowest BCUT2D eigenvalue weighted by molar-refractivity contribution is 0.274. The first kappa shape index (κ1) is 14.5. The van der Waals surface area contributed by atoms with Crippen molar-refractivity contribution in [3.05, 3.63) is 95.7 Å². The maximum absolute atomic E-state index is 3.38. The second-order valence-electron chi connectivity index (χ2n) is 6.89. The monoisotopic (exact) mass is 324 g/mol. The van der Waals surface area contributed by atoms with Crippen molar-refractivity contribution in [3.8, 4) is 11.1 Å². The van der Waals surface area contributed by atoms with Crippen LogP contribution in [0.1, 0.15) is 22.7 Å². The quantitative estimate of drug-likeness (QED) is 0.499. The van der Waals surface area contributed by atoms with Gasteiger partial charge >= 0.3 is 0 Å². The molecule has 122 valence electrons. The molecule has 0 radical (unpaired) electrons. The van der Waals surface area contributed by atoms with E-state index >= 15 is 0 Å². The minimum atomic E-state index is 0.247. The molecule has 2 heterocycles. The van der Waals surface area contributed by atoms with Crippen LogP contribution in [-0.4, -0.2) is 16.9 Å². The van der Waals surface area contributed by atoms with Gasteiger partial charge in [0.05, 0.1) is 6.04 Å². The van der Waals surface area contributed by atoms with E-state index in [-0.39, 0.29) is 6.04 Å². The van der Waals surface area contributed by atoms with Crippen molar-refractivity contribution in [1.29, 1.82) is 0 Å². The summed E-state index contributed by atoms with van der Waals surface area (Å²) in [7, 11) is 2.22. The minimum Gasteiger partial charge on any atom is -0.361 e. The molecule has 0 saturated heterocycles. The average Bonchev–Trinajstić information content (AvgIpc) is 3.05. The Labute approximate surface area is 147 Å². The molecule has 1 atom stereocenters. The van der Waals surface area contributed by atoms with Crippen LogP contribution < -0.4 is 0 Å². The number of rotatable bonds is 1. The molecule has 0 aliphatic carbocycles. The fraction of sp³-hybridized carbons (Fsp3) is 0.130. The number of fused-ring (bicyclic) bond motifs is 4. The zero-order valence-corrected chi connectivity index (χ0v) is 14.2. The highest BCUT2D eigenvalue weighted by Gasteiger charge is 2.27. The van der Waals surface area contributed by atoms with Gasteiger partial charge in [0.2, 0.25) is 0 Å². The number of aromatic nitrogens is 1. The van der Waals surface area contributed by atoms with E-state index in [0.717, 1.165) is 6.54 Å². The lowest BCUT2D eigenvalue weighted by Gasteiger charge is -2.28. The number of aromatic amines is 1. The predicted octanol–water partition coefficient (Wildman–Crippen LogP) is 5.37. The summed E-state index contributed by atoms with van der Waals surface area (Å²) in [6, 6.07) is 26.7. The summed E-state index contributed by atoms with van der Waals surface area (Å²) in [5, 5.41) is 1.27. The molecule has 5 rings (SSSR count). The number of H-pyrrole nitrogens is 1. The van der Waals surface area contributed by atoms with Crippen LogP contribution in [0, 0.1) is 0 Å². The van der Waals surface area contributed by atoms with Crippen LogP contribution in [0.25, 0.3) is 22.0 Å². The summed E-state index contributed by atoms with van der Waals surface area (Å²) in [5.41, 5.74) is 8.00. The van der Waals surface area contributed by atoms with Crippen molar-refractivity contribution >= 4 is 10.9 Å². The molecule has 0 spiro atoms. The highest BCUT2D eigenvalue weighted by atomic mass is 15.1. The molecule has 0 bridgehead atoms. The van der Waals surface area contributed by atoms with E-state index < -0.39 is 0 Å². The molecule has 1 aliphatic heterocycles. The van der Waals surface area contributed by atoms with Gasteiger partial charge in [0, 0.05) is 18.3 Å². The molecule has 0 amide bonds. The van der Waals surface area contributed by atoms with Crippen molar-refractivity contribution in [2.75, 3.05) is 7.05 Å². The van der Waals surface area contributed by atoms with Crippen LogP contribution in [0.5, 0.6) is 0 Å². The van der Waals surface area contributed by atoms with Gasteiger partial charge in [-0.25, -0.2) is 0 Å². The fourth-order valence-corrected chi connectivity index (χ4v) is 4.16. The Hall–Kier alpha value is -2.84. The summed E-state index contributed by atoms with van der Waals surface area (Å²) >= 11 is 0. The zero-order valence-electron chi connectivity index (χ0n) is 14.2. The second-order valence-corrected chi connectivity index (χ2v) is 6.89. The van der Waals surface area contributed by atoms with Gasteiger partial charge in [-0.05, 0) is 58.5 Å². The maximum atomic E-state index is 3.38. The Balaban J connectivity index is 1.84. The Kier molecular flexibility index (Phi) is 3.25. The van der Waals surface area contributed by atoms with Gasteiger partial charge in [-0.2, -0.15) is 0 Å². The van der Waals surface area contributed by atoms with Crippen LogP contribution in [-0.2, 0) is 6.54 Å². The Morgan fingerprint density at radius 1 is 0.880 bits per heavy atom. The minimum absolute atomic E-state index is 0.247. The van der Waals surface area contributed by atoms with E-state index in [1.807, 2.05) is 6.20 Å². The molecule has 1 N–H and O–H groups in total. The second kappa shape index (κ2) is 5.61. The van der Waals surface area contributed by atoms with Crippen LogP contribution in [0.15, 0.2) is 79.0 Å². The standard InChI is InChI=1S/C23H20N2/c1-25-15-18-9-5-6-10-19(18)20-13-17-11-12-24-22(17)14-21(20)23(25)16-7-3-2-4-8-16/h2-14,23-24H,15H2,1H3. The summed E-state index contributed by atoms with van der Waals surface area (Å²) in [5.74, 6) is 0. The Morgan fingerprint density at radius 2 is 1.68 bits per heavy atom. The summed E-state index contributed by atoms with van der Waals surface area (Å²) in [6.45, 7) is 0.943. The number of benzene rings is 3. The molecule has 1 unspecified atom stereocenters. The van der Waals surface area contributed by atoms with Crippen molar-refractivity contribution in [2.24, 2.45) is 0 Å². The van der Waals surface area contributed by atoms with Crippen molar-refractivity contribution < 1.29 is 0 Å². The summed E-state index contributed by atoms with van der Waals surface area (Å²) in [6.07, 6.45) is 2.02. The van der Waals surface area contributed by atoms with E-state index in [2.05, 4.69) is 89.7 Å². The van der Waals surface area contributed by atoms with E-state index in [0.29, 0.717) is 0 Å². The van der Waals surface area contributed by atoms with Crippen molar-refractivity contribution in [2.45, 2.75) is 12.6 Å². The van der Waals surface area contributed by atoms with Crippen LogP contribution in [0.3, 0.4) is 0 Å². The third-order valence-electron chi connectivity index (χ3n) is 5.30. The van der Waals surface area contributed by atoms with Gasteiger partial charge in [0.15, 0.2) is 0 Å². The van der Waals surface area contributed by atoms with Gasteiger partial charge in [0.25, 0.3) is 0 Å². The fourth-order valence-electron chi connectivity index (χ4n) is 4.16. The normalized spacial score (nSPS) is 17.1. The number of hydrogen-bond acceptors (Lipinski definition) is 1. The van der Waals surface area contributed by atoms with Crippen LogP contribution in [0.2, 0.25) is 0 Å². The predicted molar refractivity (Wildman–Crippen MR) is 103 cm³/mol. The average molecular weight is 324 g/mol. The molecule has 1 aromatic heterocycles. The van der Waals surface area contributed by atoms with E-state index in [9.17, 15) is 0 Å². The van der Waals surface area contributed by atoms with Crippen molar-refractivity contribution in [3.63, 3.8) is 0 Å². The first-order chi connectivity index (χ1) is 12.3. The molecule has 0 saturated carbocycles. The smallest absolute Gasteiger partial charge is 0.0609 e. The van der Waals surface area contributed by atoms with E-state index in [1.165, 1.54) is 38.7 Å². The van der Waals surface area contributed by atoms with E-state index in [4.69, 9.17) is 0 Å². The maximum Gasteiger partial charge on any atom is 0.0609 e. The third kappa shape index (κ3) is 2.30. The van der Waals surface area contributed by atoms with Gasteiger partial charge in [-0.1, -0.05) is 54.6 Å². The van der Waals surface area contributed by atoms with Crippen LogP contribution >= 0.6 is 0 Å². The van der Waals surface area contributed by atoms with Crippen molar-refractivity contribution in [1.82, 2.24) is 9.88 Å². The largest absolute Gasteiger partial charge is 0.361 e. The Morgan fingerprint density at radius 3 is 2.56 bits per heavy atom. The van der Waals surface area contributed by atoms with Gasteiger partial charge in [-0.3, -0.25) is 4.90 Å². The lowest BCUT2D eigenvalue weighted by Crippen LogP contribution is -2.24. The van der Waals surface area contributed by atoms with Gasteiger partial charge < -0.3 is 4.98 Å². The number of hydrogen-bond donors (Lipinski definition) is 1. The summed E-state index contributed by atoms with van der Waals surface area (Å²) in [4.78, 5) is 5.84. The molecule has 2 nitrogen and oxygen atoms in total. The Bertz CT molecular complexity index is 1050. The molecule has 2 heteroatoms. The van der Waals surface area contributed by atoms with Gasteiger partial charge in [0.1, 0.15) is 0 Å². The molecule has 3 aromatic carbocycles. The molecule has 0 fully saturated rings.